The average molecular weight is 429 g/mol. The van der Waals surface area contributed by atoms with Crippen LogP contribution >= 0.6 is 46.6 Å². The third-order valence-electron chi connectivity index (χ3n) is 3.35. The lowest BCUT2D eigenvalue weighted by Crippen LogP contribution is -2.23. The summed E-state index contributed by atoms with van der Waals surface area (Å²) in [5.74, 6) is -0.288. The maximum Gasteiger partial charge on any atom is 0.237 e. The minimum absolute atomic E-state index is 0.266. The van der Waals surface area contributed by atoms with Gasteiger partial charge in [-0.15, -0.1) is 5.10 Å². The Hall–Kier alpha value is -1.80. The summed E-state index contributed by atoms with van der Waals surface area (Å²) in [4.78, 5) is 12.5. The third-order valence-corrected chi connectivity index (χ3v) is 5.20. The summed E-state index contributed by atoms with van der Waals surface area (Å²) in [5, 5.41) is 15.3. The Morgan fingerprint density at radius 3 is 2.46 bits per heavy atom. The summed E-state index contributed by atoms with van der Waals surface area (Å²) in [6, 6.07) is 12.4. The molecular weight excluding hydrogens is 417 g/mol. The molecule has 1 atom stereocenters. The highest BCUT2D eigenvalue weighted by Crippen LogP contribution is 2.34. The van der Waals surface area contributed by atoms with E-state index in [1.165, 1.54) is 23.9 Å². The van der Waals surface area contributed by atoms with Gasteiger partial charge in [0.25, 0.3) is 0 Å². The maximum atomic E-state index is 12.5. The van der Waals surface area contributed by atoms with Crippen LogP contribution < -0.4 is 5.32 Å². The molecule has 0 aliphatic heterocycles. The second-order valence-corrected chi connectivity index (χ2v) is 7.76. The van der Waals surface area contributed by atoms with Crippen molar-refractivity contribution in [2.24, 2.45) is 0 Å². The Labute approximate surface area is 168 Å². The van der Waals surface area contributed by atoms with Gasteiger partial charge in [-0.05, 0) is 41.6 Å². The van der Waals surface area contributed by atoms with Gasteiger partial charge in [-0.3, -0.25) is 4.79 Å². The monoisotopic (exact) mass is 427 g/mol. The van der Waals surface area contributed by atoms with Crippen LogP contribution in [0.5, 0.6) is 0 Å². The van der Waals surface area contributed by atoms with Gasteiger partial charge >= 0.3 is 0 Å². The Morgan fingerprint density at radius 1 is 1.15 bits per heavy atom. The predicted octanol–water partition coefficient (Wildman–Crippen LogP) is 4.74. The second-order valence-electron chi connectivity index (χ2n) is 5.20. The molecule has 0 aliphatic rings. The molecule has 3 aromatic rings. The van der Waals surface area contributed by atoms with Crippen LogP contribution in [0.2, 0.25) is 15.1 Å². The van der Waals surface area contributed by atoms with Gasteiger partial charge in [0.1, 0.15) is 0 Å². The highest BCUT2D eigenvalue weighted by Gasteiger charge is 2.21. The molecule has 0 aliphatic carbocycles. The molecule has 1 unspecified atom stereocenters. The highest BCUT2D eigenvalue weighted by molar-refractivity contribution is 8.00. The molecule has 3 rings (SSSR count). The Kier molecular flexibility index (Phi) is 6.03. The summed E-state index contributed by atoms with van der Waals surface area (Å²) in [7, 11) is 0. The van der Waals surface area contributed by atoms with Gasteiger partial charge in [0, 0.05) is 5.02 Å². The molecular formula is C16H12Cl3N5OS. The van der Waals surface area contributed by atoms with Crippen molar-refractivity contribution in [3.63, 3.8) is 0 Å². The van der Waals surface area contributed by atoms with E-state index in [1.807, 2.05) is 30.3 Å². The summed E-state index contributed by atoms with van der Waals surface area (Å²) < 4.78 is 1.57. The SMILES string of the molecule is CC(Sc1nnnn1-c1ccccc1)C(=O)Nc1c(Cl)cc(Cl)cc1Cl. The summed E-state index contributed by atoms with van der Waals surface area (Å²) >= 11 is 19.3. The molecule has 0 spiro atoms. The first-order valence-electron chi connectivity index (χ1n) is 7.41. The van der Waals surface area contributed by atoms with E-state index < -0.39 is 5.25 Å². The first-order chi connectivity index (χ1) is 12.5. The zero-order chi connectivity index (χ0) is 18.7. The number of carbonyl (C=O) groups is 1. The molecule has 0 radical (unpaired) electrons. The number of hydrogen-bond acceptors (Lipinski definition) is 5. The third kappa shape index (κ3) is 4.29. The van der Waals surface area contributed by atoms with E-state index in [9.17, 15) is 4.79 Å². The van der Waals surface area contributed by atoms with Crippen molar-refractivity contribution in [3.05, 3.63) is 57.5 Å². The van der Waals surface area contributed by atoms with Crippen LogP contribution in [-0.4, -0.2) is 31.4 Å². The Bertz CT molecular complexity index is 912. The lowest BCUT2D eigenvalue weighted by molar-refractivity contribution is -0.115. The van der Waals surface area contributed by atoms with Crippen molar-refractivity contribution in [3.8, 4) is 5.69 Å². The molecule has 134 valence electrons. The summed E-state index contributed by atoms with van der Waals surface area (Å²) in [6.45, 7) is 1.74. The predicted molar refractivity (Wildman–Crippen MR) is 105 cm³/mol. The fourth-order valence-electron chi connectivity index (χ4n) is 2.08. The number of carbonyl (C=O) groups excluding carboxylic acids is 1. The van der Waals surface area contributed by atoms with Crippen molar-refractivity contribution in [2.45, 2.75) is 17.3 Å². The van der Waals surface area contributed by atoms with E-state index >= 15 is 0 Å². The number of para-hydroxylation sites is 1. The minimum atomic E-state index is -0.494. The molecule has 2 aromatic carbocycles. The normalized spacial score (nSPS) is 12.0. The van der Waals surface area contributed by atoms with Crippen LogP contribution in [0.3, 0.4) is 0 Å². The number of nitrogens with one attached hydrogen (secondary N) is 1. The number of amides is 1. The lowest BCUT2D eigenvalue weighted by Gasteiger charge is -2.14. The van der Waals surface area contributed by atoms with Crippen LogP contribution in [0.1, 0.15) is 6.92 Å². The topological polar surface area (TPSA) is 72.7 Å². The van der Waals surface area contributed by atoms with Gasteiger partial charge in [-0.2, -0.15) is 4.68 Å². The summed E-state index contributed by atoms with van der Waals surface area (Å²) in [5.41, 5.74) is 1.12. The van der Waals surface area contributed by atoms with Gasteiger partial charge in [0.2, 0.25) is 11.1 Å². The summed E-state index contributed by atoms with van der Waals surface area (Å²) in [6.07, 6.45) is 0. The molecule has 6 nitrogen and oxygen atoms in total. The van der Waals surface area contributed by atoms with E-state index in [2.05, 4.69) is 20.8 Å². The lowest BCUT2D eigenvalue weighted by atomic mass is 10.3. The van der Waals surface area contributed by atoms with Crippen molar-refractivity contribution >= 4 is 58.2 Å². The van der Waals surface area contributed by atoms with Crippen LogP contribution in [0, 0.1) is 0 Å². The molecule has 1 amide bonds. The van der Waals surface area contributed by atoms with Crippen molar-refractivity contribution in [1.82, 2.24) is 20.2 Å². The van der Waals surface area contributed by atoms with Crippen LogP contribution in [0.4, 0.5) is 5.69 Å². The van der Waals surface area contributed by atoms with E-state index in [-0.39, 0.29) is 16.0 Å². The Balaban J connectivity index is 1.74. The molecule has 1 heterocycles. The van der Waals surface area contributed by atoms with Crippen molar-refractivity contribution in [2.75, 3.05) is 5.32 Å². The van der Waals surface area contributed by atoms with Crippen LogP contribution in [0.15, 0.2) is 47.6 Å². The van der Waals surface area contributed by atoms with Gasteiger partial charge in [-0.1, -0.05) is 64.8 Å². The maximum absolute atomic E-state index is 12.5. The zero-order valence-electron chi connectivity index (χ0n) is 13.4. The van der Waals surface area contributed by atoms with Gasteiger partial charge in [0.05, 0.1) is 26.7 Å². The molecule has 0 bridgehead atoms. The quantitative estimate of drug-likeness (QED) is 0.594. The molecule has 0 fully saturated rings. The fourth-order valence-corrected chi connectivity index (χ4v) is 3.80. The number of aromatic nitrogens is 4. The average Bonchev–Trinajstić information content (AvgIpc) is 3.06. The number of nitrogens with zero attached hydrogens (tertiary/aromatic N) is 4. The number of rotatable bonds is 5. The largest absolute Gasteiger partial charge is 0.323 e. The number of tetrazole rings is 1. The van der Waals surface area contributed by atoms with Crippen LogP contribution in [0.25, 0.3) is 5.69 Å². The molecule has 1 N–H and O–H groups in total. The van der Waals surface area contributed by atoms with Gasteiger partial charge in [0.15, 0.2) is 0 Å². The standard InChI is InChI=1S/C16H12Cl3N5OS/c1-9(15(25)20-14-12(18)7-10(17)8-13(14)19)26-16-21-22-23-24(16)11-5-3-2-4-6-11/h2-9H,1H3,(H,20,25). The second kappa shape index (κ2) is 8.26. The number of thioether (sulfide) groups is 1. The van der Waals surface area contributed by atoms with E-state index in [4.69, 9.17) is 34.8 Å². The van der Waals surface area contributed by atoms with Crippen LogP contribution in [-0.2, 0) is 4.79 Å². The molecule has 1 aromatic heterocycles. The van der Waals surface area contributed by atoms with E-state index in [0.29, 0.717) is 15.9 Å². The van der Waals surface area contributed by atoms with E-state index in [1.54, 1.807) is 11.6 Å². The fraction of sp³-hybridized carbons (Fsp3) is 0.125. The zero-order valence-corrected chi connectivity index (χ0v) is 16.4. The van der Waals surface area contributed by atoms with Gasteiger partial charge < -0.3 is 5.32 Å². The minimum Gasteiger partial charge on any atom is -0.323 e. The highest BCUT2D eigenvalue weighted by atomic mass is 35.5. The molecule has 10 heteroatoms. The first-order valence-corrected chi connectivity index (χ1v) is 9.43. The van der Waals surface area contributed by atoms with Crippen molar-refractivity contribution < 1.29 is 4.79 Å². The molecule has 26 heavy (non-hydrogen) atoms. The number of hydrogen-bond donors (Lipinski definition) is 1. The van der Waals surface area contributed by atoms with E-state index in [0.717, 1.165) is 5.69 Å². The smallest absolute Gasteiger partial charge is 0.237 e. The number of benzene rings is 2. The van der Waals surface area contributed by atoms with Gasteiger partial charge in [-0.25, -0.2) is 0 Å². The van der Waals surface area contributed by atoms with Crippen molar-refractivity contribution in [1.29, 1.82) is 0 Å². The Morgan fingerprint density at radius 2 is 1.81 bits per heavy atom. The number of anilines is 1. The molecule has 0 saturated carbocycles. The number of halogens is 3. The first kappa shape index (κ1) is 19.0. The molecule has 0 saturated heterocycles.